The van der Waals surface area contributed by atoms with Gasteiger partial charge in [0.25, 0.3) is 0 Å². The largest absolute Gasteiger partial charge is 0.451 e. The number of benzene rings is 1. The van der Waals surface area contributed by atoms with Gasteiger partial charge in [0, 0.05) is 5.92 Å². The lowest BCUT2D eigenvalue weighted by molar-refractivity contribution is -0.133. The molecule has 0 heterocycles. The standard InChI is InChI=1S/C23H34O4/c1-7-15(2)13-16(3)14-17(4)21(24)18(5)22(25)19(6)27-23(26)20-11-9-8-10-12-20/h8-12,14-16,18-19,21,24H,7,13H2,1-6H3/b17-14+/t15-,16+,18-,19+,21-/m1/s1. The summed E-state index contributed by atoms with van der Waals surface area (Å²) in [6.07, 6.45) is 2.43. The highest BCUT2D eigenvalue weighted by molar-refractivity contribution is 5.93. The fourth-order valence-corrected chi connectivity index (χ4v) is 3.20. The number of hydrogen-bond acceptors (Lipinski definition) is 4. The Morgan fingerprint density at radius 2 is 1.70 bits per heavy atom. The van der Waals surface area contributed by atoms with Crippen LogP contribution in [0.4, 0.5) is 0 Å². The highest BCUT2D eigenvalue weighted by Crippen LogP contribution is 2.22. The molecule has 0 amide bonds. The average Bonchev–Trinajstić information content (AvgIpc) is 2.66. The van der Waals surface area contributed by atoms with E-state index in [2.05, 4.69) is 20.8 Å². The van der Waals surface area contributed by atoms with E-state index in [9.17, 15) is 14.7 Å². The molecule has 0 bridgehead atoms. The van der Waals surface area contributed by atoms with E-state index in [1.54, 1.807) is 44.2 Å². The van der Waals surface area contributed by atoms with E-state index in [0.717, 1.165) is 18.4 Å². The lowest BCUT2D eigenvalue weighted by atomic mass is 9.88. The van der Waals surface area contributed by atoms with E-state index in [0.29, 0.717) is 17.4 Å². The molecule has 1 aromatic rings. The molecule has 0 aliphatic carbocycles. The molecular weight excluding hydrogens is 340 g/mol. The summed E-state index contributed by atoms with van der Waals surface area (Å²) < 4.78 is 5.28. The Bertz CT molecular complexity index is 635. The molecule has 0 aliphatic rings. The Morgan fingerprint density at radius 1 is 1.11 bits per heavy atom. The van der Waals surface area contributed by atoms with Gasteiger partial charge >= 0.3 is 5.97 Å². The van der Waals surface area contributed by atoms with Gasteiger partial charge in [0.2, 0.25) is 0 Å². The first kappa shape index (κ1) is 23.1. The predicted molar refractivity (Wildman–Crippen MR) is 108 cm³/mol. The molecule has 0 aromatic heterocycles. The summed E-state index contributed by atoms with van der Waals surface area (Å²) >= 11 is 0. The zero-order valence-electron chi connectivity index (χ0n) is 17.4. The fraction of sp³-hybridized carbons (Fsp3) is 0.565. The maximum Gasteiger partial charge on any atom is 0.338 e. The maximum absolute atomic E-state index is 12.6. The van der Waals surface area contributed by atoms with Gasteiger partial charge in [-0.2, -0.15) is 0 Å². The number of esters is 1. The first-order valence-electron chi connectivity index (χ1n) is 9.83. The van der Waals surface area contributed by atoms with Gasteiger partial charge in [-0.3, -0.25) is 4.79 Å². The number of allylic oxidation sites excluding steroid dienone is 1. The third kappa shape index (κ3) is 7.30. The van der Waals surface area contributed by atoms with Gasteiger partial charge in [0.05, 0.1) is 11.7 Å². The molecule has 1 aromatic carbocycles. The van der Waals surface area contributed by atoms with E-state index in [-0.39, 0.29) is 5.78 Å². The maximum atomic E-state index is 12.6. The van der Waals surface area contributed by atoms with Crippen LogP contribution in [0.1, 0.15) is 64.7 Å². The van der Waals surface area contributed by atoms with E-state index in [4.69, 9.17) is 4.74 Å². The minimum absolute atomic E-state index is 0.283. The van der Waals surface area contributed by atoms with Gasteiger partial charge < -0.3 is 9.84 Å². The van der Waals surface area contributed by atoms with E-state index in [1.807, 2.05) is 13.0 Å². The van der Waals surface area contributed by atoms with Crippen LogP contribution in [0.5, 0.6) is 0 Å². The van der Waals surface area contributed by atoms with Crippen molar-refractivity contribution in [3.8, 4) is 0 Å². The summed E-state index contributed by atoms with van der Waals surface area (Å²) in [5.74, 6) is -0.500. The fourth-order valence-electron chi connectivity index (χ4n) is 3.20. The van der Waals surface area contributed by atoms with Gasteiger partial charge in [0.15, 0.2) is 11.9 Å². The predicted octanol–water partition coefficient (Wildman–Crippen LogP) is 4.82. The van der Waals surface area contributed by atoms with Crippen molar-refractivity contribution in [1.29, 1.82) is 0 Å². The van der Waals surface area contributed by atoms with Crippen LogP contribution < -0.4 is 0 Å². The molecular formula is C23H34O4. The summed E-state index contributed by atoms with van der Waals surface area (Å²) in [5.41, 5.74) is 1.19. The normalized spacial score (nSPS) is 17.5. The second-order valence-corrected chi connectivity index (χ2v) is 7.69. The number of aliphatic hydroxyl groups excluding tert-OH is 1. The van der Waals surface area contributed by atoms with Crippen LogP contribution in [0.2, 0.25) is 0 Å². The lowest BCUT2D eigenvalue weighted by Gasteiger charge is -2.23. The molecule has 4 nitrogen and oxygen atoms in total. The number of ether oxygens (including phenoxy) is 1. The molecule has 150 valence electrons. The molecule has 4 heteroatoms. The van der Waals surface area contributed by atoms with E-state index in [1.165, 1.54) is 0 Å². The molecule has 0 saturated heterocycles. The van der Waals surface area contributed by atoms with Crippen LogP contribution in [0, 0.1) is 17.8 Å². The number of carbonyl (C=O) groups is 2. The Labute approximate surface area is 163 Å². The third-order valence-electron chi connectivity index (χ3n) is 5.10. The van der Waals surface area contributed by atoms with Gasteiger partial charge in [-0.05, 0) is 49.8 Å². The molecule has 27 heavy (non-hydrogen) atoms. The van der Waals surface area contributed by atoms with Crippen LogP contribution in [0.15, 0.2) is 42.0 Å². The smallest absolute Gasteiger partial charge is 0.338 e. The monoisotopic (exact) mass is 374 g/mol. The third-order valence-corrected chi connectivity index (χ3v) is 5.10. The van der Waals surface area contributed by atoms with Crippen LogP contribution in [0.25, 0.3) is 0 Å². The van der Waals surface area contributed by atoms with Crippen molar-refractivity contribution in [2.75, 3.05) is 0 Å². The molecule has 0 saturated carbocycles. The molecule has 0 spiro atoms. The lowest BCUT2D eigenvalue weighted by Crippen LogP contribution is -2.35. The number of aliphatic hydroxyl groups is 1. The van der Waals surface area contributed by atoms with E-state index < -0.39 is 24.1 Å². The van der Waals surface area contributed by atoms with Crippen LogP contribution >= 0.6 is 0 Å². The van der Waals surface area contributed by atoms with Gasteiger partial charge in [-0.15, -0.1) is 0 Å². The number of Topliss-reactive ketones (excluding diaryl/α,β-unsaturated/α-hetero) is 1. The topological polar surface area (TPSA) is 63.6 Å². The second kappa shape index (κ2) is 11.0. The Balaban J connectivity index is 2.68. The summed E-state index contributed by atoms with van der Waals surface area (Å²) in [6, 6.07) is 8.57. The van der Waals surface area contributed by atoms with Crippen molar-refractivity contribution in [2.24, 2.45) is 17.8 Å². The Hall–Kier alpha value is -1.94. The van der Waals surface area contributed by atoms with Gasteiger partial charge in [-0.1, -0.05) is 58.4 Å². The van der Waals surface area contributed by atoms with Crippen molar-refractivity contribution in [3.63, 3.8) is 0 Å². The van der Waals surface area contributed by atoms with Crippen molar-refractivity contribution in [2.45, 2.75) is 66.6 Å². The highest BCUT2D eigenvalue weighted by atomic mass is 16.5. The molecule has 0 unspecified atom stereocenters. The summed E-state index contributed by atoms with van der Waals surface area (Å²) in [5, 5.41) is 10.6. The quantitative estimate of drug-likeness (QED) is 0.471. The van der Waals surface area contributed by atoms with Crippen LogP contribution in [0.3, 0.4) is 0 Å². The molecule has 1 N–H and O–H groups in total. The second-order valence-electron chi connectivity index (χ2n) is 7.69. The van der Waals surface area contributed by atoms with E-state index >= 15 is 0 Å². The Morgan fingerprint density at radius 3 is 2.26 bits per heavy atom. The summed E-state index contributed by atoms with van der Waals surface area (Å²) in [4.78, 5) is 24.7. The molecule has 0 aliphatic heterocycles. The van der Waals surface area contributed by atoms with Crippen LogP contribution in [-0.2, 0) is 9.53 Å². The molecule has 5 atom stereocenters. The zero-order valence-corrected chi connectivity index (χ0v) is 17.4. The minimum atomic E-state index is -0.910. The molecule has 0 fully saturated rings. The molecule has 1 rings (SSSR count). The average molecular weight is 375 g/mol. The number of ketones is 1. The molecule has 0 radical (unpaired) electrons. The zero-order chi connectivity index (χ0) is 20.6. The Kier molecular flexibility index (Phi) is 9.44. The first-order valence-corrected chi connectivity index (χ1v) is 9.83. The summed E-state index contributed by atoms with van der Waals surface area (Å²) in [7, 11) is 0. The van der Waals surface area contributed by atoms with Gasteiger partial charge in [0.1, 0.15) is 0 Å². The highest BCUT2D eigenvalue weighted by Gasteiger charge is 2.29. The van der Waals surface area contributed by atoms with Crippen molar-refractivity contribution in [3.05, 3.63) is 47.5 Å². The number of rotatable bonds is 10. The SMILES string of the molecule is CC[C@@H](C)C[C@H](C)/C=C(\C)[C@@H](O)[C@@H](C)C(=O)[C@H](C)OC(=O)c1ccccc1. The van der Waals surface area contributed by atoms with Crippen molar-refractivity contribution < 1.29 is 19.4 Å². The van der Waals surface area contributed by atoms with Crippen molar-refractivity contribution in [1.82, 2.24) is 0 Å². The number of carbonyl (C=O) groups excluding carboxylic acids is 2. The van der Waals surface area contributed by atoms with Gasteiger partial charge in [-0.25, -0.2) is 4.79 Å². The van der Waals surface area contributed by atoms with Crippen LogP contribution in [-0.4, -0.2) is 29.1 Å². The van der Waals surface area contributed by atoms with Crippen molar-refractivity contribution >= 4 is 11.8 Å². The minimum Gasteiger partial charge on any atom is -0.451 e. The summed E-state index contributed by atoms with van der Waals surface area (Å²) in [6.45, 7) is 11.6. The first-order chi connectivity index (χ1) is 12.7. The number of hydrogen-bond donors (Lipinski definition) is 1.